The van der Waals surface area contributed by atoms with E-state index in [2.05, 4.69) is 0 Å². The zero-order chi connectivity index (χ0) is 14.3. The van der Waals surface area contributed by atoms with Crippen LogP contribution in [0.2, 0.25) is 0 Å². The van der Waals surface area contributed by atoms with Gasteiger partial charge in [-0.25, -0.2) is 0 Å². The molecule has 2 rings (SSSR count). The summed E-state index contributed by atoms with van der Waals surface area (Å²) in [5, 5.41) is 9.56. The first-order valence-corrected chi connectivity index (χ1v) is 5.95. The highest BCUT2D eigenvalue weighted by atomic mass is 19.4. The lowest BCUT2D eigenvalue weighted by Crippen LogP contribution is -2.53. The lowest BCUT2D eigenvalue weighted by atomic mass is 9.73. The number of carbonyl (C=O) groups excluding carboxylic acids is 1. The third kappa shape index (κ3) is 2.37. The number of Topliss-reactive ketones (excluding diaryl/α,β-unsaturated/α-hetero) is 1. The molecule has 1 saturated carbocycles. The fourth-order valence-electron chi connectivity index (χ4n) is 2.51. The summed E-state index contributed by atoms with van der Waals surface area (Å²) in [5.41, 5.74) is 2.97. The summed E-state index contributed by atoms with van der Waals surface area (Å²) in [5.74, 6) is -0.740. The van der Waals surface area contributed by atoms with Crippen molar-refractivity contribution in [2.75, 3.05) is 0 Å². The predicted molar refractivity (Wildman–Crippen MR) is 62.2 cm³/mol. The maximum absolute atomic E-state index is 13.0. The SMILES string of the molecule is NC1(c2ccccc2C(F)(F)F)CCCC(O)C1=O. The Labute approximate surface area is 108 Å². The zero-order valence-corrected chi connectivity index (χ0v) is 10.1. The van der Waals surface area contributed by atoms with Gasteiger partial charge in [0.1, 0.15) is 11.6 Å². The number of aliphatic hydroxyl groups is 1. The van der Waals surface area contributed by atoms with Gasteiger partial charge in [-0.15, -0.1) is 0 Å². The van der Waals surface area contributed by atoms with Crippen LogP contribution in [-0.2, 0) is 16.5 Å². The summed E-state index contributed by atoms with van der Waals surface area (Å²) in [7, 11) is 0. The number of hydrogen-bond donors (Lipinski definition) is 2. The quantitative estimate of drug-likeness (QED) is 0.822. The minimum absolute atomic E-state index is 0.107. The van der Waals surface area contributed by atoms with Gasteiger partial charge in [-0.05, 0) is 30.9 Å². The Bertz CT molecular complexity index is 501. The number of alkyl halides is 3. The standard InChI is InChI=1S/C13H14F3NO2/c14-13(15,16)9-5-2-1-4-8(9)12(17)7-3-6-10(18)11(12)19/h1-2,4-5,10,18H,3,6-7,17H2. The van der Waals surface area contributed by atoms with Crippen molar-refractivity contribution in [3.05, 3.63) is 35.4 Å². The topological polar surface area (TPSA) is 63.3 Å². The van der Waals surface area contributed by atoms with E-state index < -0.39 is 29.2 Å². The summed E-state index contributed by atoms with van der Waals surface area (Å²) in [6.07, 6.45) is -5.11. The van der Waals surface area contributed by atoms with Gasteiger partial charge in [-0.2, -0.15) is 13.2 Å². The predicted octanol–water partition coefficient (Wildman–Crippen LogP) is 1.97. The van der Waals surface area contributed by atoms with Crippen LogP contribution in [0.4, 0.5) is 13.2 Å². The molecule has 0 bridgehead atoms. The average Bonchev–Trinajstić information content (AvgIpc) is 2.35. The Morgan fingerprint density at radius 3 is 2.58 bits per heavy atom. The molecule has 0 aliphatic heterocycles. The molecule has 0 amide bonds. The second-order valence-electron chi connectivity index (χ2n) is 4.79. The fraction of sp³-hybridized carbons (Fsp3) is 0.462. The van der Waals surface area contributed by atoms with E-state index in [1.165, 1.54) is 18.2 Å². The van der Waals surface area contributed by atoms with E-state index >= 15 is 0 Å². The van der Waals surface area contributed by atoms with Crippen LogP contribution in [0.25, 0.3) is 0 Å². The molecule has 1 aromatic rings. The minimum atomic E-state index is -4.58. The number of benzene rings is 1. The Morgan fingerprint density at radius 1 is 1.32 bits per heavy atom. The van der Waals surface area contributed by atoms with Crippen LogP contribution in [0.3, 0.4) is 0 Å². The molecule has 1 aliphatic rings. The second kappa shape index (κ2) is 4.61. The molecule has 3 N–H and O–H groups in total. The lowest BCUT2D eigenvalue weighted by Gasteiger charge is -2.36. The molecule has 0 heterocycles. The Morgan fingerprint density at radius 2 is 1.95 bits per heavy atom. The van der Waals surface area contributed by atoms with Crippen molar-refractivity contribution in [2.24, 2.45) is 5.73 Å². The van der Waals surface area contributed by atoms with Gasteiger partial charge in [-0.3, -0.25) is 4.79 Å². The third-order valence-corrected chi connectivity index (χ3v) is 3.50. The van der Waals surface area contributed by atoms with Crippen molar-refractivity contribution < 1.29 is 23.1 Å². The molecule has 6 heteroatoms. The molecule has 19 heavy (non-hydrogen) atoms. The van der Waals surface area contributed by atoms with Crippen molar-refractivity contribution in [3.63, 3.8) is 0 Å². The van der Waals surface area contributed by atoms with Crippen LogP contribution in [0.1, 0.15) is 30.4 Å². The Balaban J connectivity index is 2.55. The first-order chi connectivity index (χ1) is 8.77. The van der Waals surface area contributed by atoms with Crippen LogP contribution in [0.15, 0.2) is 24.3 Å². The van der Waals surface area contributed by atoms with Crippen LogP contribution in [-0.4, -0.2) is 17.0 Å². The van der Waals surface area contributed by atoms with Gasteiger partial charge in [0.05, 0.1) is 5.56 Å². The van der Waals surface area contributed by atoms with Crippen molar-refractivity contribution in [1.82, 2.24) is 0 Å². The molecule has 1 fully saturated rings. The van der Waals surface area contributed by atoms with E-state index in [0.717, 1.165) is 6.07 Å². The molecule has 1 aliphatic carbocycles. The number of carbonyl (C=O) groups is 1. The summed E-state index contributed by atoms with van der Waals surface area (Å²) >= 11 is 0. The van der Waals surface area contributed by atoms with Gasteiger partial charge in [0.25, 0.3) is 0 Å². The van der Waals surface area contributed by atoms with E-state index in [-0.39, 0.29) is 18.4 Å². The lowest BCUT2D eigenvalue weighted by molar-refractivity contribution is -0.142. The van der Waals surface area contributed by atoms with Crippen molar-refractivity contribution in [3.8, 4) is 0 Å². The summed E-state index contributed by atoms with van der Waals surface area (Å²) < 4.78 is 38.9. The van der Waals surface area contributed by atoms with Gasteiger partial charge in [0.2, 0.25) is 0 Å². The van der Waals surface area contributed by atoms with Crippen molar-refractivity contribution >= 4 is 5.78 Å². The van der Waals surface area contributed by atoms with E-state index in [0.29, 0.717) is 6.42 Å². The monoisotopic (exact) mass is 273 g/mol. The zero-order valence-electron chi connectivity index (χ0n) is 10.1. The maximum Gasteiger partial charge on any atom is 0.416 e. The number of halogens is 3. The smallest absolute Gasteiger partial charge is 0.385 e. The minimum Gasteiger partial charge on any atom is -0.385 e. The van der Waals surface area contributed by atoms with Gasteiger partial charge >= 0.3 is 6.18 Å². The largest absolute Gasteiger partial charge is 0.416 e. The van der Waals surface area contributed by atoms with Gasteiger partial charge < -0.3 is 10.8 Å². The molecular formula is C13H14F3NO2. The molecule has 1 aromatic carbocycles. The van der Waals surface area contributed by atoms with Crippen molar-refractivity contribution in [2.45, 2.75) is 37.1 Å². The number of rotatable bonds is 1. The number of ketones is 1. The first-order valence-electron chi connectivity index (χ1n) is 5.95. The molecule has 0 aromatic heterocycles. The summed E-state index contributed by atoms with van der Waals surface area (Å²) in [4.78, 5) is 12.0. The van der Waals surface area contributed by atoms with E-state index in [1.807, 2.05) is 0 Å². The molecule has 104 valence electrons. The molecule has 0 radical (unpaired) electrons. The normalized spacial score (nSPS) is 28.5. The molecule has 3 nitrogen and oxygen atoms in total. The highest BCUT2D eigenvalue weighted by Crippen LogP contribution is 2.40. The average molecular weight is 273 g/mol. The van der Waals surface area contributed by atoms with Crippen LogP contribution >= 0.6 is 0 Å². The first kappa shape index (κ1) is 14.0. The molecule has 2 atom stereocenters. The molecule has 2 unspecified atom stereocenters. The van der Waals surface area contributed by atoms with Crippen LogP contribution in [0, 0.1) is 0 Å². The summed E-state index contributed by atoms with van der Waals surface area (Å²) in [6, 6.07) is 4.77. The fourth-order valence-corrected chi connectivity index (χ4v) is 2.51. The van der Waals surface area contributed by atoms with Gasteiger partial charge in [0, 0.05) is 0 Å². The van der Waals surface area contributed by atoms with Gasteiger partial charge in [-0.1, -0.05) is 18.2 Å². The van der Waals surface area contributed by atoms with E-state index in [1.54, 1.807) is 0 Å². The Kier molecular flexibility index (Phi) is 3.40. The van der Waals surface area contributed by atoms with Crippen LogP contribution in [0.5, 0.6) is 0 Å². The highest BCUT2D eigenvalue weighted by molar-refractivity contribution is 5.94. The molecule has 0 saturated heterocycles. The maximum atomic E-state index is 13.0. The van der Waals surface area contributed by atoms with Crippen LogP contribution < -0.4 is 5.73 Å². The molecule has 0 spiro atoms. The third-order valence-electron chi connectivity index (χ3n) is 3.50. The number of nitrogens with two attached hydrogens (primary N) is 1. The molecular weight excluding hydrogens is 259 g/mol. The van der Waals surface area contributed by atoms with E-state index in [4.69, 9.17) is 5.73 Å². The van der Waals surface area contributed by atoms with E-state index in [9.17, 15) is 23.1 Å². The highest BCUT2D eigenvalue weighted by Gasteiger charge is 2.47. The number of aliphatic hydroxyl groups excluding tert-OH is 1. The van der Waals surface area contributed by atoms with Gasteiger partial charge in [0.15, 0.2) is 5.78 Å². The summed E-state index contributed by atoms with van der Waals surface area (Å²) in [6.45, 7) is 0. The van der Waals surface area contributed by atoms with Crippen molar-refractivity contribution in [1.29, 1.82) is 0 Å². The second-order valence-corrected chi connectivity index (χ2v) is 4.79. The Hall–Kier alpha value is -1.40. The number of hydrogen-bond acceptors (Lipinski definition) is 3.